The molecule has 0 spiro atoms. The van der Waals surface area contributed by atoms with Crippen molar-refractivity contribution < 1.29 is 4.74 Å². The Balaban J connectivity index is 1.47. The predicted octanol–water partition coefficient (Wildman–Crippen LogP) is 4.20. The van der Waals surface area contributed by atoms with Crippen molar-refractivity contribution in [1.82, 2.24) is 10.2 Å². The van der Waals surface area contributed by atoms with Gasteiger partial charge in [0.05, 0.1) is 0 Å². The Kier molecular flexibility index (Phi) is 5.91. The molecule has 27 heavy (non-hydrogen) atoms. The van der Waals surface area contributed by atoms with Crippen molar-refractivity contribution in [2.45, 2.75) is 30.3 Å². The summed E-state index contributed by atoms with van der Waals surface area (Å²) >= 11 is 1.74. The van der Waals surface area contributed by atoms with Crippen LogP contribution in [-0.2, 0) is 6.54 Å². The Bertz CT molecular complexity index is 753. The second-order valence-electron chi connectivity index (χ2n) is 7.35. The van der Waals surface area contributed by atoms with Gasteiger partial charge in [-0.1, -0.05) is 0 Å². The van der Waals surface area contributed by atoms with Crippen LogP contribution in [0, 0.1) is 0 Å². The first kappa shape index (κ1) is 18.7. The van der Waals surface area contributed by atoms with Gasteiger partial charge in [-0.25, -0.2) is 0 Å². The summed E-state index contributed by atoms with van der Waals surface area (Å²) in [6.07, 6.45) is 4.89. The number of benzene rings is 2. The molecule has 0 amide bonds. The normalized spacial score (nSPS) is 17.9. The van der Waals surface area contributed by atoms with E-state index < -0.39 is 0 Å². The lowest BCUT2D eigenvalue weighted by atomic mass is 10.1. The predicted molar refractivity (Wildman–Crippen MR) is 114 cm³/mol. The molecule has 0 aromatic heterocycles. The third-order valence-electron chi connectivity index (χ3n) is 5.44. The number of hydrogen-bond acceptors (Lipinski definition) is 5. The monoisotopic (exact) mass is 383 g/mol. The van der Waals surface area contributed by atoms with Crippen molar-refractivity contribution in [2.75, 3.05) is 44.4 Å². The molecule has 0 bridgehead atoms. The number of anilines is 1. The van der Waals surface area contributed by atoms with Gasteiger partial charge in [0.25, 0.3) is 0 Å². The molecule has 4 nitrogen and oxygen atoms in total. The molecule has 1 heterocycles. The average molecular weight is 384 g/mol. The van der Waals surface area contributed by atoms with Crippen LogP contribution in [0.5, 0.6) is 11.5 Å². The third-order valence-corrected chi connectivity index (χ3v) is 6.18. The molecule has 1 saturated heterocycles. The van der Waals surface area contributed by atoms with E-state index in [1.54, 1.807) is 11.8 Å². The molecule has 5 heteroatoms. The molecule has 1 aliphatic heterocycles. The maximum atomic E-state index is 6.18. The van der Waals surface area contributed by atoms with Crippen molar-refractivity contribution in [3.63, 3.8) is 0 Å². The number of nitrogens with zero attached hydrogens (tertiary/aromatic N) is 2. The minimum atomic E-state index is 0.800. The maximum Gasteiger partial charge on any atom is 0.132 e. The number of thioether (sulfide) groups is 1. The highest BCUT2D eigenvalue weighted by Crippen LogP contribution is 2.32. The van der Waals surface area contributed by atoms with E-state index in [0.29, 0.717) is 0 Å². The average Bonchev–Trinajstić information content (AvgIpc) is 3.56. The topological polar surface area (TPSA) is 27.7 Å². The van der Waals surface area contributed by atoms with E-state index >= 15 is 0 Å². The van der Waals surface area contributed by atoms with E-state index in [0.717, 1.165) is 37.2 Å². The summed E-state index contributed by atoms with van der Waals surface area (Å²) in [5.41, 5.74) is 2.51. The first-order valence-electron chi connectivity index (χ1n) is 9.85. The van der Waals surface area contributed by atoms with Crippen molar-refractivity contribution in [1.29, 1.82) is 0 Å². The first-order chi connectivity index (χ1) is 13.3. The Morgan fingerprint density at radius 2 is 1.78 bits per heavy atom. The molecule has 1 N–H and O–H groups in total. The van der Waals surface area contributed by atoms with Gasteiger partial charge < -0.3 is 15.0 Å². The van der Waals surface area contributed by atoms with Gasteiger partial charge in [-0.3, -0.25) is 4.90 Å². The smallest absolute Gasteiger partial charge is 0.132 e. The van der Waals surface area contributed by atoms with Crippen LogP contribution in [0.3, 0.4) is 0 Å². The third kappa shape index (κ3) is 4.60. The maximum absolute atomic E-state index is 6.18. The SMILES string of the molecule is CNCc1cc(N2CCN(C3CC3)CC2)ccc1Oc1ccc(SC)cc1. The lowest BCUT2D eigenvalue weighted by molar-refractivity contribution is 0.248. The zero-order valence-corrected chi connectivity index (χ0v) is 17.1. The van der Waals surface area contributed by atoms with E-state index in [1.165, 1.54) is 42.1 Å². The van der Waals surface area contributed by atoms with Crippen LogP contribution in [0.25, 0.3) is 0 Å². The Hall–Kier alpha value is -1.69. The van der Waals surface area contributed by atoms with Crippen molar-refractivity contribution in [2.24, 2.45) is 0 Å². The van der Waals surface area contributed by atoms with Crippen LogP contribution in [0.1, 0.15) is 18.4 Å². The van der Waals surface area contributed by atoms with E-state index in [1.807, 2.05) is 19.2 Å². The fraction of sp³-hybridized carbons (Fsp3) is 0.455. The number of hydrogen-bond donors (Lipinski definition) is 1. The molecule has 2 fully saturated rings. The molecule has 2 aliphatic rings. The van der Waals surface area contributed by atoms with Crippen LogP contribution in [0.4, 0.5) is 5.69 Å². The molecule has 2 aromatic carbocycles. The highest BCUT2D eigenvalue weighted by Gasteiger charge is 2.31. The Morgan fingerprint density at radius 3 is 2.41 bits per heavy atom. The van der Waals surface area contributed by atoms with E-state index in [-0.39, 0.29) is 0 Å². The quantitative estimate of drug-likeness (QED) is 0.723. The van der Waals surface area contributed by atoms with Gasteiger partial charge in [0.15, 0.2) is 0 Å². The van der Waals surface area contributed by atoms with Crippen molar-refractivity contribution in [3.8, 4) is 11.5 Å². The molecular weight excluding hydrogens is 354 g/mol. The zero-order valence-electron chi connectivity index (χ0n) is 16.3. The lowest BCUT2D eigenvalue weighted by Gasteiger charge is -2.36. The Labute approximate surface area is 166 Å². The summed E-state index contributed by atoms with van der Waals surface area (Å²) in [5, 5.41) is 3.28. The number of rotatable bonds is 7. The van der Waals surface area contributed by atoms with Gasteiger partial charge in [0, 0.05) is 54.9 Å². The molecule has 4 rings (SSSR count). The summed E-state index contributed by atoms with van der Waals surface area (Å²) in [6.45, 7) is 5.41. The standard InChI is InChI=1S/C22H29N3OS/c1-23-16-17-15-19(25-13-11-24(12-14-25)18-3-4-18)5-10-22(17)26-20-6-8-21(27-2)9-7-20/h5-10,15,18,23H,3-4,11-14,16H2,1-2H3. The summed E-state index contributed by atoms with van der Waals surface area (Å²) < 4.78 is 6.18. The van der Waals surface area contributed by atoms with Crippen LogP contribution >= 0.6 is 11.8 Å². The minimum absolute atomic E-state index is 0.800. The molecule has 1 saturated carbocycles. The molecule has 0 radical (unpaired) electrons. The number of piperazine rings is 1. The zero-order chi connectivity index (χ0) is 18.6. The van der Waals surface area contributed by atoms with E-state index in [4.69, 9.17) is 4.74 Å². The van der Waals surface area contributed by atoms with E-state index in [9.17, 15) is 0 Å². The number of nitrogens with one attached hydrogen (secondary N) is 1. The van der Waals surface area contributed by atoms with Gasteiger partial charge >= 0.3 is 0 Å². The van der Waals surface area contributed by atoms with Crippen molar-refractivity contribution >= 4 is 17.4 Å². The van der Waals surface area contributed by atoms with Gasteiger partial charge in [-0.05, 0) is 68.6 Å². The van der Waals surface area contributed by atoms with Crippen LogP contribution < -0.4 is 15.0 Å². The highest BCUT2D eigenvalue weighted by atomic mass is 32.2. The van der Waals surface area contributed by atoms with Crippen molar-refractivity contribution in [3.05, 3.63) is 48.0 Å². The van der Waals surface area contributed by atoms with Gasteiger partial charge in [-0.15, -0.1) is 11.8 Å². The van der Waals surface area contributed by atoms with Crippen LogP contribution in [-0.4, -0.2) is 50.4 Å². The molecule has 144 valence electrons. The van der Waals surface area contributed by atoms with E-state index in [2.05, 4.69) is 51.7 Å². The molecule has 2 aromatic rings. The summed E-state index contributed by atoms with van der Waals surface area (Å²) in [5.74, 6) is 1.82. The van der Waals surface area contributed by atoms with Crippen LogP contribution in [0.2, 0.25) is 0 Å². The fourth-order valence-corrected chi connectivity index (χ4v) is 4.15. The van der Waals surface area contributed by atoms with Gasteiger partial charge in [-0.2, -0.15) is 0 Å². The molecule has 0 unspecified atom stereocenters. The van der Waals surface area contributed by atoms with Gasteiger partial charge in [0.2, 0.25) is 0 Å². The second-order valence-corrected chi connectivity index (χ2v) is 8.23. The Morgan fingerprint density at radius 1 is 1.04 bits per heavy atom. The fourth-order valence-electron chi connectivity index (χ4n) is 3.75. The summed E-state index contributed by atoms with van der Waals surface area (Å²) in [7, 11) is 1.98. The molecular formula is C22H29N3OS. The van der Waals surface area contributed by atoms with Gasteiger partial charge in [0.1, 0.15) is 11.5 Å². The number of ether oxygens (including phenoxy) is 1. The highest BCUT2D eigenvalue weighted by molar-refractivity contribution is 7.98. The summed E-state index contributed by atoms with van der Waals surface area (Å²) in [6, 6.07) is 15.8. The molecule has 0 atom stereocenters. The first-order valence-corrected chi connectivity index (χ1v) is 11.1. The summed E-state index contributed by atoms with van der Waals surface area (Å²) in [4.78, 5) is 6.41. The largest absolute Gasteiger partial charge is 0.457 e. The molecule has 1 aliphatic carbocycles. The van der Waals surface area contributed by atoms with Crippen LogP contribution in [0.15, 0.2) is 47.4 Å². The minimum Gasteiger partial charge on any atom is -0.457 e. The lowest BCUT2D eigenvalue weighted by Crippen LogP contribution is -2.47. The second kappa shape index (κ2) is 8.55.